The summed E-state index contributed by atoms with van der Waals surface area (Å²) < 4.78 is 0. The van der Waals surface area contributed by atoms with Crippen LogP contribution in [0.4, 0.5) is 4.79 Å². The summed E-state index contributed by atoms with van der Waals surface area (Å²) in [5, 5.41) is 7.78. The first-order chi connectivity index (χ1) is 11.2. The van der Waals surface area contributed by atoms with Gasteiger partial charge in [0.2, 0.25) is 5.91 Å². The summed E-state index contributed by atoms with van der Waals surface area (Å²) in [6.45, 7) is 4.23. The molecule has 0 aromatic carbocycles. The highest BCUT2D eigenvalue weighted by atomic mass is 32.1. The van der Waals surface area contributed by atoms with Gasteiger partial charge >= 0.3 is 6.03 Å². The maximum atomic E-state index is 12.1. The Hall–Kier alpha value is -1.56. The average molecular weight is 337 g/mol. The number of nitrogens with one attached hydrogen (secondary N) is 2. The summed E-state index contributed by atoms with van der Waals surface area (Å²) in [7, 11) is 0. The quantitative estimate of drug-likeness (QED) is 0.717. The molecule has 1 heterocycles. The van der Waals surface area contributed by atoms with Crippen molar-refractivity contribution < 1.29 is 9.59 Å². The monoisotopic (exact) mass is 337 g/mol. The number of hydrogen-bond donors (Lipinski definition) is 2. The Morgan fingerprint density at radius 1 is 1.26 bits per heavy atom. The van der Waals surface area contributed by atoms with E-state index in [2.05, 4.69) is 10.6 Å². The van der Waals surface area contributed by atoms with E-state index < -0.39 is 0 Å². The molecule has 0 saturated heterocycles. The van der Waals surface area contributed by atoms with E-state index in [1.54, 1.807) is 16.2 Å². The fourth-order valence-electron chi connectivity index (χ4n) is 2.95. The first-order valence-electron chi connectivity index (χ1n) is 8.51. The smallest absolute Gasteiger partial charge is 0.317 e. The van der Waals surface area contributed by atoms with Gasteiger partial charge in [0.15, 0.2) is 0 Å². The fraction of sp³-hybridized carbons (Fsp3) is 0.647. The van der Waals surface area contributed by atoms with Crippen molar-refractivity contribution in [1.82, 2.24) is 15.5 Å². The van der Waals surface area contributed by atoms with Gasteiger partial charge in [-0.2, -0.15) is 0 Å². The van der Waals surface area contributed by atoms with Crippen molar-refractivity contribution in [3.05, 3.63) is 22.4 Å². The van der Waals surface area contributed by atoms with Gasteiger partial charge in [-0.1, -0.05) is 18.9 Å². The third-order valence-corrected chi connectivity index (χ3v) is 5.13. The zero-order chi connectivity index (χ0) is 16.5. The van der Waals surface area contributed by atoms with Crippen LogP contribution in [0.2, 0.25) is 0 Å². The number of hydrogen-bond acceptors (Lipinski definition) is 3. The molecule has 2 rings (SSSR count). The predicted molar refractivity (Wildman–Crippen MR) is 93.4 cm³/mol. The van der Waals surface area contributed by atoms with Crippen LogP contribution in [0.3, 0.4) is 0 Å². The third kappa shape index (κ3) is 6.22. The molecule has 5 nitrogen and oxygen atoms in total. The average Bonchev–Trinajstić information content (AvgIpc) is 3.22. The Labute approximate surface area is 142 Å². The molecule has 1 aromatic heterocycles. The Kier molecular flexibility index (Phi) is 7.39. The predicted octanol–water partition coefficient (Wildman–Crippen LogP) is 2.98. The molecule has 3 amide bonds. The Morgan fingerprint density at radius 3 is 2.65 bits per heavy atom. The van der Waals surface area contributed by atoms with E-state index in [9.17, 15) is 9.59 Å². The van der Waals surface area contributed by atoms with Crippen LogP contribution in [0.1, 0.15) is 43.9 Å². The van der Waals surface area contributed by atoms with E-state index in [1.807, 2.05) is 24.4 Å². The first kappa shape index (κ1) is 17.8. The maximum absolute atomic E-state index is 12.1. The number of carbonyl (C=O) groups excluding carboxylic acids is 2. The van der Waals surface area contributed by atoms with Gasteiger partial charge in [0, 0.05) is 30.9 Å². The van der Waals surface area contributed by atoms with Crippen molar-refractivity contribution in [2.24, 2.45) is 5.92 Å². The molecule has 0 radical (unpaired) electrons. The van der Waals surface area contributed by atoms with Gasteiger partial charge in [-0.05, 0) is 37.1 Å². The molecular weight excluding hydrogens is 310 g/mol. The molecule has 0 atom stereocenters. The standard InChI is InChI=1S/C17H27N3O2S/c1-2-20(13-15-8-5-11-23-15)17(22)19-10-9-18-16(21)12-14-6-3-4-7-14/h5,8,11,14H,2-4,6-7,9-10,12-13H2,1H3,(H,18,21)(H,19,22). The molecule has 23 heavy (non-hydrogen) atoms. The second-order valence-electron chi connectivity index (χ2n) is 6.03. The van der Waals surface area contributed by atoms with Crippen molar-refractivity contribution in [2.75, 3.05) is 19.6 Å². The van der Waals surface area contributed by atoms with E-state index in [-0.39, 0.29) is 11.9 Å². The number of carbonyl (C=O) groups is 2. The second-order valence-corrected chi connectivity index (χ2v) is 7.06. The van der Waals surface area contributed by atoms with Gasteiger partial charge < -0.3 is 15.5 Å². The van der Waals surface area contributed by atoms with Gasteiger partial charge in [-0.15, -0.1) is 11.3 Å². The van der Waals surface area contributed by atoms with Crippen LogP contribution in [0.5, 0.6) is 0 Å². The SMILES string of the molecule is CCN(Cc1cccs1)C(=O)NCCNC(=O)CC1CCCC1. The second kappa shape index (κ2) is 9.55. The van der Waals surface area contributed by atoms with Crippen LogP contribution in [0.25, 0.3) is 0 Å². The summed E-state index contributed by atoms with van der Waals surface area (Å²) in [4.78, 5) is 26.9. The lowest BCUT2D eigenvalue weighted by Gasteiger charge is -2.20. The molecule has 0 bridgehead atoms. The third-order valence-electron chi connectivity index (χ3n) is 4.27. The van der Waals surface area contributed by atoms with Gasteiger partial charge in [-0.25, -0.2) is 4.79 Å². The molecule has 1 fully saturated rings. The van der Waals surface area contributed by atoms with E-state index in [4.69, 9.17) is 0 Å². The van der Waals surface area contributed by atoms with Crippen LogP contribution >= 0.6 is 11.3 Å². The fourth-order valence-corrected chi connectivity index (χ4v) is 3.67. The van der Waals surface area contributed by atoms with Crippen LogP contribution in [0.15, 0.2) is 17.5 Å². The highest BCUT2D eigenvalue weighted by molar-refractivity contribution is 7.09. The van der Waals surface area contributed by atoms with Gasteiger partial charge in [0.1, 0.15) is 0 Å². The lowest BCUT2D eigenvalue weighted by atomic mass is 10.0. The summed E-state index contributed by atoms with van der Waals surface area (Å²) in [6, 6.07) is 3.95. The van der Waals surface area contributed by atoms with Crippen LogP contribution < -0.4 is 10.6 Å². The summed E-state index contributed by atoms with van der Waals surface area (Å²) in [5.74, 6) is 0.669. The largest absolute Gasteiger partial charge is 0.354 e. The van der Waals surface area contributed by atoms with Gasteiger partial charge in [0.25, 0.3) is 0 Å². The normalized spacial score (nSPS) is 14.7. The van der Waals surface area contributed by atoms with Gasteiger partial charge in [0.05, 0.1) is 6.54 Å². The molecule has 1 saturated carbocycles. The molecule has 0 spiro atoms. The Morgan fingerprint density at radius 2 is 2.00 bits per heavy atom. The first-order valence-corrected chi connectivity index (χ1v) is 9.39. The zero-order valence-electron chi connectivity index (χ0n) is 13.8. The molecule has 128 valence electrons. The molecular formula is C17H27N3O2S. The van der Waals surface area contributed by atoms with Crippen LogP contribution in [-0.4, -0.2) is 36.5 Å². The number of amides is 3. The molecule has 1 aromatic rings. The summed E-state index contributed by atoms with van der Waals surface area (Å²) >= 11 is 1.65. The highest BCUT2D eigenvalue weighted by Crippen LogP contribution is 2.27. The molecule has 0 aliphatic heterocycles. The number of thiophene rings is 1. The topological polar surface area (TPSA) is 61.4 Å². The maximum Gasteiger partial charge on any atom is 0.317 e. The molecule has 1 aliphatic carbocycles. The molecule has 2 N–H and O–H groups in total. The Bertz CT molecular complexity index is 484. The zero-order valence-corrected chi connectivity index (χ0v) is 14.7. The highest BCUT2D eigenvalue weighted by Gasteiger charge is 2.18. The lowest BCUT2D eigenvalue weighted by molar-refractivity contribution is -0.121. The van der Waals surface area contributed by atoms with E-state index in [1.165, 1.54) is 30.6 Å². The van der Waals surface area contributed by atoms with Crippen molar-refractivity contribution in [3.8, 4) is 0 Å². The molecule has 0 unspecified atom stereocenters. The van der Waals surface area contributed by atoms with Crippen molar-refractivity contribution in [1.29, 1.82) is 0 Å². The van der Waals surface area contributed by atoms with E-state index >= 15 is 0 Å². The molecule has 6 heteroatoms. The minimum absolute atomic E-state index is 0.0778. The Balaban J connectivity index is 1.60. The van der Waals surface area contributed by atoms with E-state index in [0.29, 0.717) is 38.5 Å². The summed E-state index contributed by atoms with van der Waals surface area (Å²) in [6.07, 6.45) is 5.50. The number of rotatable bonds is 8. The van der Waals surface area contributed by atoms with Crippen LogP contribution in [0, 0.1) is 5.92 Å². The van der Waals surface area contributed by atoms with Crippen molar-refractivity contribution in [2.45, 2.75) is 45.6 Å². The number of urea groups is 1. The van der Waals surface area contributed by atoms with Crippen molar-refractivity contribution >= 4 is 23.3 Å². The van der Waals surface area contributed by atoms with E-state index in [0.717, 1.165) is 0 Å². The van der Waals surface area contributed by atoms with Crippen molar-refractivity contribution in [3.63, 3.8) is 0 Å². The minimum Gasteiger partial charge on any atom is -0.354 e. The lowest BCUT2D eigenvalue weighted by Crippen LogP contribution is -2.42. The van der Waals surface area contributed by atoms with Gasteiger partial charge in [-0.3, -0.25) is 4.79 Å². The number of nitrogens with zero attached hydrogens (tertiary/aromatic N) is 1. The minimum atomic E-state index is -0.0778. The molecule has 1 aliphatic rings. The summed E-state index contributed by atoms with van der Waals surface area (Å²) in [5.41, 5.74) is 0. The van der Waals surface area contributed by atoms with Crippen LogP contribution in [-0.2, 0) is 11.3 Å².